The van der Waals surface area contributed by atoms with Crippen LogP contribution < -0.4 is 10.2 Å². The molecule has 0 aromatic heterocycles. The fraction of sp³-hybridized carbons (Fsp3) is 0.160. The zero-order valence-corrected chi connectivity index (χ0v) is 17.7. The SMILES string of the molecule is Cc1cc(C(=Cc2ccccc2)NOCc2ccc(C(F)(F)F)cc2)ccc1OCC(=O)O. The van der Waals surface area contributed by atoms with E-state index in [4.69, 9.17) is 14.7 Å². The van der Waals surface area contributed by atoms with Crippen LogP contribution in [-0.2, 0) is 22.4 Å². The van der Waals surface area contributed by atoms with Crippen molar-refractivity contribution < 1.29 is 32.6 Å². The van der Waals surface area contributed by atoms with E-state index in [1.165, 1.54) is 12.1 Å². The topological polar surface area (TPSA) is 67.8 Å². The van der Waals surface area contributed by atoms with Gasteiger partial charge in [0.25, 0.3) is 0 Å². The Balaban J connectivity index is 1.76. The van der Waals surface area contributed by atoms with Gasteiger partial charge >= 0.3 is 12.1 Å². The van der Waals surface area contributed by atoms with Crippen molar-refractivity contribution in [2.24, 2.45) is 0 Å². The van der Waals surface area contributed by atoms with Crippen molar-refractivity contribution in [2.45, 2.75) is 19.7 Å². The molecule has 172 valence electrons. The van der Waals surface area contributed by atoms with Crippen molar-refractivity contribution in [2.75, 3.05) is 6.61 Å². The molecule has 3 rings (SSSR count). The third-order valence-electron chi connectivity index (χ3n) is 4.65. The summed E-state index contributed by atoms with van der Waals surface area (Å²) in [6.07, 6.45) is -2.53. The summed E-state index contributed by atoms with van der Waals surface area (Å²) < 4.78 is 43.5. The van der Waals surface area contributed by atoms with Gasteiger partial charge in [-0.25, -0.2) is 4.79 Å². The second-order valence-corrected chi connectivity index (χ2v) is 7.22. The number of alkyl halides is 3. The van der Waals surface area contributed by atoms with E-state index in [2.05, 4.69) is 5.48 Å². The minimum atomic E-state index is -4.39. The standard InChI is InChI=1S/C25H22F3NO4/c1-17-13-20(9-12-23(17)32-16-24(30)31)22(14-18-5-3-2-4-6-18)29-33-15-19-7-10-21(11-8-19)25(26,27)28/h2-14,29H,15-16H2,1H3,(H,30,31). The van der Waals surface area contributed by atoms with Crippen molar-refractivity contribution in [1.82, 2.24) is 5.48 Å². The van der Waals surface area contributed by atoms with Gasteiger partial charge < -0.3 is 9.84 Å². The molecule has 0 amide bonds. The van der Waals surface area contributed by atoms with Crippen molar-refractivity contribution in [3.63, 3.8) is 0 Å². The molecular weight excluding hydrogens is 435 g/mol. The summed E-state index contributed by atoms with van der Waals surface area (Å²) in [6, 6.07) is 19.5. The minimum Gasteiger partial charge on any atom is -0.482 e. The van der Waals surface area contributed by atoms with Gasteiger partial charge in [0.15, 0.2) is 6.61 Å². The third-order valence-corrected chi connectivity index (χ3v) is 4.65. The van der Waals surface area contributed by atoms with Gasteiger partial charge in [-0.2, -0.15) is 13.2 Å². The molecule has 0 heterocycles. The number of halogens is 3. The van der Waals surface area contributed by atoms with E-state index < -0.39 is 24.3 Å². The van der Waals surface area contributed by atoms with Gasteiger partial charge in [0.05, 0.1) is 17.9 Å². The number of carbonyl (C=O) groups is 1. The smallest absolute Gasteiger partial charge is 0.416 e. The highest BCUT2D eigenvalue weighted by Gasteiger charge is 2.29. The van der Waals surface area contributed by atoms with Gasteiger partial charge in [-0.15, -0.1) is 0 Å². The Morgan fingerprint density at radius 1 is 1.03 bits per heavy atom. The predicted molar refractivity (Wildman–Crippen MR) is 118 cm³/mol. The molecule has 3 aromatic carbocycles. The van der Waals surface area contributed by atoms with Gasteiger partial charge in [-0.05, 0) is 60.0 Å². The average molecular weight is 457 g/mol. The number of ether oxygens (including phenoxy) is 1. The molecule has 5 nitrogen and oxygen atoms in total. The van der Waals surface area contributed by atoms with Crippen LogP contribution in [0.25, 0.3) is 11.8 Å². The fourth-order valence-electron chi connectivity index (χ4n) is 2.99. The lowest BCUT2D eigenvalue weighted by atomic mass is 10.1. The molecule has 33 heavy (non-hydrogen) atoms. The summed E-state index contributed by atoms with van der Waals surface area (Å²) in [7, 11) is 0. The van der Waals surface area contributed by atoms with E-state index in [0.717, 1.165) is 28.8 Å². The summed E-state index contributed by atoms with van der Waals surface area (Å²) in [4.78, 5) is 16.3. The first-order valence-corrected chi connectivity index (χ1v) is 9.98. The molecule has 2 N–H and O–H groups in total. The molecule has 8 heteroatoms. The van der Waals surface area contributed by atoms with Crippen LogP contribution in [0.15, 0.2) is 72.8 Å². The van der Waals surface area contributed by atoms with Gasteiger partial charge in [-0.3, -0.25) is 10.3 Å². The first-order valence-electron chi connectivity index (χ1n) is 9.98. The fourth-order valence-corrected chi connectivity index (χ4v) is 2.99. The zero-order chi connectivity index (χ0) is 23.8. The Morgan fingerprint density at radius 3 is 2.33 bits per heavy atom. The molecule has 0 aliphatic carbocycles. The molecule has 0 spiro atoms. The molecular formula is C25H22F3NO4. The first-order chi connectivity index (χ1) is 15.7. The lowest BCUT2D eigenvalue weighted by molar-refractivity contribution is -0.139. The number of aryl methyl sites for hydroxylation is 1. The average Bonchev–Trinajstić information content (AvgIpc) is 2.78. The van der Waals surface area contributed by atoms with Crippen molar-refractivity contribution in [1.29, 1.82) is 0 Å². The summed E-state index contributed by atoms with van der Waals surface area (Å²) in [5, 5.41) is 8.80. The van der Waals surface area contributed by atoms with Gasteiger partial charge in [-0.1, -0.05) is 42.5 Å². The molecule has 0 saturated heterocycles. The van der Waals surface area contributed by atoms with E-state index in [0.29, 0.717) is 17.0 Å². The van der Waals surface area contributed by atoms with E-state index >= 15 is 0 Å². The van der Waals surface area contributed by atoms with Crippen molar-refractivity contribution in [3.05, 3.63) is 101 Å². The number of aliphatic carboxylic acids is 1. The normalized spacial score (nSPS) is 11.8. The number of hydrogen-bond acceptors (Lipinski definition) is 4. The molecule has 3 aromatic rings. The Kier molecular flexibility index (Phi) is 7.74. The summed E-state index contributed by atoms with van der Waals surface area (Å²) in [5.74, 6) is -0.618. The second kappa shape index (κ2) is 10.7. The van der Waals surface area contributed by atoms with Crippen LogP contribution in [-0.4, -0.2) is 17.7 Å². The van der Waals surface area contributed by atoms with Crippen LogP contribution in [0.2, 0.25) is 0 Å². The number of hydrogen-bond donors (Lipinski definition) is 2. The Labute approximate surface area is 189 Å². The zero-order valence-electron chi connectivity index (χ0n) is 17.7. The largest absolute Gasteiger partial charge is 0.482 e. The highest BCUT2D eigenvalue weighted by molar-refractivity contribution is 5.80. The lowest BCUT2D eigenvalue weighted by Gasteiger charge is -2.15. The lowest BCUT2D eigenvalue weighted by Crippen LogP contribution is -2.14. The van der Waals surface area contributed by atoms with Crippen LogP contribution in [0.3, 0.4) is 0 Å². The predicted octanol–water partition coefficient (Wildman–Crippen LogP) is 5.70. The number of nitrogens with one attached hydrogen (secondary N) is 1. The molecule has 0 fully saturated rings. The summed E-state index contributed by atoms with van der Waals surface area (Å²) in [6.45, 7) is 1.40. The van der Waals surface area contributed by atoms with Crippen LogP contribution in [0.5, 0.6) is 5.75 Å². The summed E-state index contributed by atoms with van der Waals surface area (Å²) in [5.41, 5.74) is 5.74. The number of carboxylic acid groups (broad SMARTS) is 1. The number of benzene rings is 3. The molecule has 0 radical (unpaired) electrons. The monoisotopic (exact) mass is 457 g/mol. The molecule has 0 bridgehead atoms. The minimum absolute atomic E-state index is 0.0447. The van der Waals surface area contributed by atoms with E-state index in [9.17, 15) is 18.0 Å². The summed E-state index contributed by atoms with van der Waals surface area (Å²) >= 11 is 0. The number of carboxylic acids is 1. The quantitative estimate of drug-likeness (QED) is 0.319. The first kappa shape index (κ1) is 23.9. The maximum absolute atomic E-state index is 12.7. The van der Waals surface area contributed by atoms with Gasteiger partial charge in [0, 0.05) is 5.56 Å². The second-order valence-electron chi connectivity index (χ2n) is 7.22. The molecule has 0 saturated carbocycles. The molecule has 0 aliphatic rings. The van der Waals surface area contributed by atoms with E-state index in [-0.39, 0.29) is 6.61 Å². The highest BCUT2D eigenvalue weighted by Crippen LogP contribution is 2.29. The van der Waals surface area contributed by atoms with Gasteiger partial charge in [0.2, 0.25) is 0 Å². The van der Waals surface area contributed by atoms with E-state index in [1.54, 1.807) is 19.1 Å². The van der Waals surface area contributed by atoms with Crippen LogP contribution in [0.1, 0.15) is 27.8 Å². The Morgan fingerprint density at radius 2 is 1.73 bits per heavy atom. The van der Waals surface area contributed by atoms with E-state index in [1.807, 2.05) is 42.5 Å². The van der Waals surface area contributed by atoms with Crippen LogP contribution in [0, 0.1) is 6.92 Å². The van der Waals surface area contributed by atoms with Gasteiger partial charge in [0.1, 0.15) is 5.75 Å². The highest BCUT2D eigenvalue weighted by atomic mass is 19.4. The molecule has 0 atom stereocenters. The maximum Gasteiger partial charge on any atom is 0.416 e. The molecule has 0 unspecified atom stereocenters. The molecule has 0 aliphatic heterocycles. The number of hydroxylamine groups is 1. The third kappa shape index (κ3) is 7.11. The number of rotatable bonds is 9. The van der Waals surface area contributed by atoms with Crippen LogP contribution in [0.4, 0.5) is 13.2 Å². The maximum atomic E-state index is 12.7. The van der Waals surface area contributed by atoms with Crippen LogP contribution >= 0.6 is 0 Å². The van der Waals surface area contributed by atoms with Crippen molar-refractivity contribution >= 4 is 17.7 Å². The Bertz CT molecular complexity index is 1110. The van der Waals surface area contributed by atoms with Crippen molar-refractivity contribution in [3.8, 4) is 5.75 Å². The Hall–Kier alpha value is -3.78.